The maximum absolute atomic E-state index is 13.5. The lowest BCUT2D eigenvalue weighted by Crippen LogP contribution is -2.60. The molecule has 1 N–H and O–H groups in total. The largest absolute Gasteiger partial charge is 0.406 e. The van der Waals surface area contributed by atoms with E-state index in [9.17, 15) is 24.0 Å². The van der Waals surface area contributed by atoms with Gasteiger partial charge in [-0.1, -0.05) is 13.0 Å². The fraction of sp³-hybridized carbons (Fsp3) is 0.517. The number of piperidine rings is 1. The third-order valence-corrected chi connectivity index (χ3v) is 11.9. The molecule has 0 radical (unpaired) electrons. The van der Waals surface area contributed by atoms with Gasteiger partial charge in [-0.05, 0) is 61.6 Å². The molecule has 0 spiro atoms. The predicted molar refractivity (Wildman–Crippen MR) is 145 cm³/mol. The standard InChI is InChI=1S/C29H29N3O6S2/c1-14-18-8-15-7-16(25(18)34)10-29(14,9-15)28(37)38-23-12-40-24(31-23)13-39-21-4-2-3-17-19(21)11-32(27(17)36)20-5-6-22(33)30-26(20)35/h2-4,12,14-16,18,20H,5-11,13H2,1H3,(H,30,33,35). The fourth-order valence-corrected chi connectivity index (χ4v) is 9.57. The number of nitrogens with one attached hydrogen (secondary N) is 1. The molecule has 6 aliphatic rings. The lowest BCUT2D eigenvalue weighted by Gasteiger charge is -2.57. The lowest BCUT2D eigenvalue weighted by atomic mass is 9.45. The number of hydrogen-bond acceptors (Lipinski definition) is 9. The minimum absolute atomic E-state index is 0.00316. The van der Waals surface area contributed by atoms with Crippen LogP contribution in [0.1, 0.15) is 66.4 Å². The number of fused-ring (bicyclic) bond motifs is 1. The van der Waals surface area contributed by atoms with E-state index in [1.807, 2.05) is 19.1 Å². The van der Waals surface area contributed by atoms with Gasteiger partial charge >= 0.3 is 5.97 Å². The molecule has 2 aliphatic heterocycles. The van der Waals surface area contributed by atoms with Crippen LogP contribution in [-0.2, 0) is 31.5 Å². The number of aromatic nitrogens is 1. The minimum atomic E-state index is -0.651. The van der Waals surface area contributed by atoms with Crippen LogP contribution < -0.4 is 10.1 Å². The monoisotopic (exact) mass is 579 g/mol. The van der Waals surface area contributed by atoms with E-state index in [1.165, 1.54) is 11.3 Å². The molecule has 1 saturated heterocycles. The summed E-state index contributed by atoms with van der Waals surface area (Å²) in [5, 5.41) is 4.89. The van der Waals surface area contributed by atoms with Gasteiger partial charge in [0.05, 0.1) is 16.5 Å². The first-order chi connectivity index (χ1) is 19.2. The first kappa shape index (κ1) is 25.9. The summed E-state index contributed by atoms with van der Waals surface area (Å²) in [5.41, 5.74) is 0.858. The van der Waals surface area contributed by atoms with E-state index in [-0.39, 0.29) is 42.0 Å². The van der Waals surface area contributed by atoms with Crippen LogP contribution in [0, 0.1) is 29.1 Å². The Morgan fingerprint density at radius 1 is 1.23 bits per heavy atom. The molecule has 1 aromatic carbocycles. The van der Waals surface area contributed by atoms with Crippen molar-refractivity contribution in [1.82, 2.24) is 15.2 Å². The number of ether oxygens (including phenoxy) is 1. The average molecular weight is 580 g/mol. The normalized spacial score (nSPS) is 32.4. The average Bonchev–Trinajstić information content (AvgIpc) is 3.52. The van der Waals surface area contributed by atoms with Crippen LogP contribution in [0.3, 0.4) is 0 Å². The number of hydrogen-bond donors (Lipinski definition) is 1. The highest BCUT2D eigenvalue weighted by Gasteiger charge is 2.63. The number of carbonyl (C=O) groups is 5. The Morgan fingerprint density at radius 3 is 2.90 bits per heavy atom. The maximum atomic E-state index is 13.5. The topological polar surface area (TPSA) is 123 Å². The zero-order valence-electron chi connectivity index (χ0n) is 22.0. The number of thiazole rings is 1. The molecule has 9 nitrogen and oxygen atoms in total. The molecule has 1 aromatic heterocycles. The SMILES string of the molecule is CC1C2CC3CC(CC1(C(=O)Oc1csc(CSc4cccc5c4CN(C4CCC(=O)NC4=O)C5=O)n1)C3)C2=O. The van der Waals surface area contributed by atoms with Crippen molar-refractivity contribution in [3.63, 3.8) is 0 Å². The molecular formula is C29H29N3O6S2. The van der Waals surface area contributed by atoms with E-state index in [2.05, 4.69) is 10.3 Å². The Labute approximate surface area is 239 Å². The van der Waals surface area contributed by atoms with Crippen LogP contribution in [-0.4, -0.2) is 45.4 Å². The zero-order chi connectivity index (χ0) is 27.8. The molecule has 2 aromatic rings. The van der Waals surface area contributed by atoms with E-state index in [0.717, 1.165) is 34.7 Å². The Hall–Kier alpha value is -3.05. The van der Waals surface area contributed by atoms with Crippen LogP contribution in [0.5, 0.6) is 5.88 Å². The second-order valence-corrected chi connectivity index (χ2v) is 13.8. The van der Waals surface area contributed by atoms with Crippen molar-refractivity contribution in [3.8, 4) is 5.88 Å². The molecule has 208 valence electrons. The molecule has 40 heavy (non-hydrogen) atoms. The third-order valence-electron chi connectivity index (χ3n) is 9.74. The summed E-state index contributed by atoms with van der Waals surface area (Å²) in [4.78, 5) is 70.3. The van der Waals surface area contributed by atoms with Gasteiger partial charge < -0.3 is 9.64 Å². The summed E-state index contributed by atoms with van der Waals surface area (Å²) in [6.07, 6.45) is 3.76. The second kappa shape index (κ2) is 9.51. The quantitative estimate of drug-likeness (QED) is 0.312. The van der Waals surface area contributed by atoms with E-state index in [0.29, 0.717) is 48.3 Å². The van der Waals surface area contributed by atoms with Gasteiger partial charge in [0.1, 0.15) is 16.8 Å². The first-order valence-corrected chi connectivity index (χ1v) is 15.7. The molecule has 4 saturated carbocycles. The van der Waals surface area contributed by atoms with Crippen molar-refractivity contribution in [2.24, 2.45) is 29.1 Å². The van der Waals surface area contributed by atoms with Gasteiger partial charge in [-0.25, -0.2) is 4.98 Å². The third kappa shape index (κ3) is 4.03. The summed E-state index contributed by atoms with van der Waals surface area (Å²) in [7, 11) is 0. The molecule has 3 amide bonds. The summed E-state index contributed by atoms with van der Waals surface area (Å²) in [6, 6.07) is 4.91. The molecule has 8 rings (SSSR count). The lowest BCUT2D eigenvalue weighted by molar-refractivity contribution is -0.177. The Kier molecular flexibility index (Phi) is 6.16. The minimum Gasteiger partial charge on any atom is -0.406 e. The summed E-state index contributed by atoms with van der Waals surface area (Å²) in [6.45, 7) is 2.35. The number of imide groups is 1. The number of nitrogens with zero attached hydrogens (tertiary/aromatic N) is 2. The molecule has 6 atom stereocenters. The molecule has 4 bridgehead atoms. The van der Waals surface area contributed by atoms with Gasteiger partial charge in [0, 0.05) is 35.3 Å². The number of Topliss-reactive ketones (excluding diaryl/α,β-unsaturated/α-hetero) is 1. The van der Waals surface area contributed by atoms with Gasteiger partial charge in [0.2, 0.25) is 17.7 Å². The number of esters is 1. The number of amides is 3. The van der Waals surface area contributed by atoms with E-state index < -0.39 is 17.4 Å². The molecule has 3 heterocycles. The smallest absolute Gasteiger partial charge is 0.319 e. The summed E-state index contributed by atoms with van der Waals surface area (Å²) in [5.74, 6) is 0.402. The Bertz CT molecular complexity index is 1470. The van der Waals surface area contributed by atoms with Crippen LogP contribution >= 0.6 is 23.1 Å². The number of rotatable bonds is 6. The summed E-state index contributed by atoms with van der Waals surface area (Å²) < 4.78 is 5.85. The van der Waals surface area contributed by atoms with Gasteiger partial charge in [0.15, 0.2) is 0 Å². The van der Waals surface area contributed by atoms with E-state index in [4.69, 9.17) is 4.74 Å². The molecule has 6 unspecified atom stereocenters. The van der Waals surface area contributed by atoms with E-state index in [1.54, 1.807) is 28.1 Å². The highest BCUT2D eigenvalue weighted by Crippen LogP contribution is 2.61. The van der Waals surface area contributed by atoms with Crippen LogP contribution in [0.4, 0.5) is 0 Å². The Morgan fingerprint density at radius 2 is 2.08 bits per heavy atom. The van der Waals surface area contributed by atoms with Crippen molar-refractivity contribution in [2.75, 3.05) is 0 Å². The van der Waals surface area contributed by atoms with Gasteiger partial charge in [0.25, 0.3) is 5.91 Å². The molecule has 5 fully saturated rings. The van der Waals surface area contributed by atoms with E-state index >= 15 is 0 Å². The number of ketones is 1. The van der Waals surface area contributed by atoms with Gasteiger partial charge in [-0.2, -0.15) is 0 Å². The number of benzene rings is 1. The van der Waals surface area contributed by atoms with Crippen LogP contribution in [0.2, 0.25) is 0 Å². The van der Waals surface area contributed by atoms with Crippen LogP contribution in [0.25, 0.3) is 0 Å². The highest BCUT2D eigenvalue weighted by atomic mass is 32.2. The van der Waals surface area contributed by atoms with Gasteiger partial charge in [-0.15, -0.1) is 23.1 Å². The number of thioether (sulfide) groups is 1. The highest BCUT2D eigenvalue weighted by molar-refractivity contribution is 7.98. The zero-order valence-corrected chi connectivity index (χ0v) is 23.6. The van der Waals surface area contributed by atoms with Crippen molar-refractivity contribution in [1.29, 1.82) is 0 Å². The molecule has 4 aliphatic carbocycles. The van der Waals surface area contributed by atoms with Crippen LogP contribution in [0.15, 0.2) is 28.5 Å². The predicted octanol–water partition coefficient (Wildman–Crippen LogP) is 3.74. The van der Waals surface area contributed by atoms with Crippen molar-refractivity contribution >= 4 is 52.6 Å². The van der Waals surface area contributed by atoms with Crippen molar-refractivity contribution < 1.29 is 28.7 Å². The van der Waals surface area contributed by atoms with Crippen molar-refractivity contribution in [2.45, 2.75) is 68.7 Å². The second-order valence-electron chi connectivity index (χ2n) is 11.8. The Balaban J connectivity index is 1.02. The molecular weight excluding hydrogens is 550 g/mol. The molecule has 11 heteroatoms. The van der Waals surface area contributed by atoms with Crippen molar-refractivity contribution in [3.05, 3.63) is 39.7 Å². The number of carbonyl (C=O) groups excluding carboxylic acids is 5. The van der Waals surface area contributed by atoms with Gasteiger partial charge in [-0.3, -0.25) is 29.3 Å². The first-order valence-electron chi connectivity index (χ1n) is 13.8. The maximum Gasteiger partial charge on any atom is 0.319 e. The summed E-state index contributed by atoms with van der Waals surface area (Å²) >= 11 is 2.97. The fourth-order valence-electron chi connectivity index (χ4n) is 7.78.